The van der Waals surface area contributed by atoms with Gasteiger partial charge in [0.15, 0.2) is 5.96 Å². The molecule has 0 amide bonds. The Hall–Kier alpha value is -1.82. The van der Waals surface area contributed by atoms with E-state index in [1.165, 1.54) is 0 Å². The van der Waals surface area contributed by atoms with Crippen molar-refractivity contribution in [2.75, 3.05) is 37.7 Å². The molecule has 2 heterocycles. The average molecular weight is 333 g/mol. The number of hydrogen-bond acceptors (Lipinski definition) is 4. The van der Waals surface area contributed by atoms with E-state index in [0.29, 0.717) is 18.5 Å². The molecule has 2 N–H and O–H groups in total. The smallest absolute Gasteiger partial charge is 0.191 e. The zero-order valence-corrected chi connectivity index (χ0v) is 15.4. The predicted molar refractivity (Wildman–Crippen MR) is 99.5 cm³/mol. The van der Waals surface area contributed by atoms with Gasteiger partial charge < -0.3 is 20.3 Å². The summed E-state index contributed by atoms with van der Waals surface area (Å²) < 4.78 is 5.44. The fourth-order valence-corrected chi connectivity index (χ4v) is 2.48. The van der Waals surface area contributed by atoms with E-state index in [9.17, 15) is 0 Å². The maximum atomic E-state index is 5.44. The largest absolute Gasteiger partial charge is 0.378 e. The Morgan fingerprint density at radius 2 is 2.08 bits per heavy atom. The summed E-state index contributed by atoms with van der Waals surface area (Å²) in [6.07, 6.45) is 1.85. The fourth-order valence-electron chi connectivity index (χ4n) is 2.48. The molecule has 0 saturated carbocycles. The number of guanidine groups is 1. The number of nitrogens with zero attached hydrogens (tertiary/aromatic N) is 3. The number of ether oxygens (including phenoxy) is 1. The molecule has 1 aliphatic rings. The first-order valence-corrected chi connectivity index (χ1v) is 8.93. The van der Waals surface area contributed by atoms with Crippen molar-refractivity contribution in [1.82, 2.24) is 15.6 Å². The summed E-state index contributed by atoms with van der Waals surface area (Å²) in [6, 6.07) is 4.46. The SMILES string of the molecule is CCNC(=NCc1cccnc1N1CCOCC1)NC(C)C(C)C. The Balaban J connectivity index is 2.10. The van der Waals surface area contributed by atoms with E-state index in [-0.39, 0.29) is 0 Å². The van der Waals surface area contributed by atoms with Gasteiger partial charge in [0, 0.05) is 37.4 Å². The zero-order valence-electron chi connectivity index (χ0n) is 15.4. The molecule has 1 saturated heterocycles. The van der Waals surface area contributed by atoms with Crippen LogP contribution in [0.3, 0.4) is 0 Å². The van der Waals surface area contributed by atoms with Crippen molar-refractivity contribution in [2.45, 2.75) is 40.3 Å². The third kappa shape index (κ3) is 5.37. The molecule has 0 radical (unpaired) electrons. The minimum Gasteiger partial charge on any atom is -0.378 e. The maximum Gasteiger partial charge on any atom is 0.191 e. The second-order valence-electron chi connectivity index (χ2n) is 6.46. The van der Waals surface area contributed by atoms with E-state index in [0.717, 1.165) is 50.2 Å². The van der Waals surface area contributed by atoms with E-state index < -0.39 is 0 Å². The van der Waals surface area contributed by atoms with E-state index in [1.54, 1.807) is 0 Å². The molecule has 1 aromatic rings. The minimum absolute atomic E-state index is 0.371. The highest BCUT2D eigenvalue weighted by Gasteiger charge is 2.16. The van der Waals surface area contributed by atoms with Gasteiger partial charge in [-0.1, -0.05) is 19.9 Å². The van der Waals surface area contributed by atoms with Crippen LogP contribution >= 0.6 is 0 Å². The third-order valence-electron chi connectivity index (χ3n) is 4.29. The summed E-state index contributed by atoms with van der Waals surface area (Å²) >= 11 is 0. The van der Waals surface area contributed by atoms with Gasteiger partial charge in [0.05, 0.1) is 19.8 Å². The van der Waals surface area contributed by atoms with Gasteiger partial charge in [0.1, 0.15) is 5.82 Å². The Kier molecular flexibility index (Phi) is 7.31. The molecule has 0 aliphatic carbocycles. The number of hydrogen-bond donors (Lipinski definition) is 2. The molecule has 0 spiro atoms. The van der Waals surface area contributed by atoms with Crippen LogP contribution in [0.5, 0.6) is 0 Å². The standard InChI is InChI=1S/C18H31N5O/c1-5-19-18(22-15(4)14(2)3)21-13-16-7-6-8-20-17(16)23-9-11-24-12-10-23/h6-8,14-15H,5,9-13H2,1-4H3,(H2,19,21,22). The number of pyridine rings is 1. The van der Waals surface area contributed by atoms with E-state index >= 15 is 0 Å². The van der Waals surface area contributed by atoms with Crippen LogP contribution in [-0.4, -0.2) is 49.8 Å². The van der Waals surface area contributed by atoms with Crippen molar-refractivity contribution in [3.8, 4) is 0 Å². The highest BCUT2D eigenvalue weighted by molar-refractivity contribution is 5.80. The third-order valence-corrected chi connectivity index (χ3v) is 4.29. The quantitative estimate of drug-likeness (QED) is 0.616. The lowest BCUT2D eigenvalue weighted by molar-refractivity contribution is 0.122. The van der Waals surface area contributed by atoms with Gasteiger partial charge in [-0.3, -0.25) is 0 Å². The first-order valence-electron chi connectivity index (χ1n) is 8.93. The number of aromatic nitrogens is 1. The van der Waals surface area contributed by atoms with E-state index in [2.05, 4.69) is 54.3 Å². The molecular formula is C18H31N5O. The molecule has 1 atom stereocenters. The normalized spacial score (nSPS) is 17.0. The monoisotopic (exact) mass is 333 g/mol. The summed E-state index contributed by atoms with van der Waals surface area (Å²) in [6.45, 7) is 13.4. The second-order valence-corrected chi connectivity index (χ2v) is 6.46. The lowest BCUT2D eigenvalue weighted by atomic mass is 10.1. The Morgan fingerprint density at radius 1 is 1.33 bits per heavy atom. The molecule has 0 bridgehead atoms. The summed E-state index contributed by atoms with van der Waals surface area (Å²) in [5.74, 6) is 2.43. The first kappa shape index (κ1) is 18.5. The van der Waals surface area contributed by atoms with Crippen LogP contribution in [0.15, 0.2) is 23.3 Å². The average Bonchev–Trinajstić information content (AvgIpc) is 2.60. The molecule has 2 rings (SSSR count). The van der Waals surface area contributed by atoms with Gasteiger partial charge in [0.2, 0.25) is 0 Å². The van der Waals surface area contributed by atoms with E-state index in [4.69, 9.17) is 9.73 Å². The molecule has 0 aromatic carbocycles. The minimum atomic E-state index is 0.371. The number of aliphatic imine (C=N–C) groups is 1. The van der Waals surface area contributed by atoms with Crippen molar-refractivity contribution in [1.29, 1.82) is 0 Å². The molecule has 1 aliphatic heterocycles. The predicted octanol–water partition coefficient (Wildman–Crippen LogP) is 2.02. The molecule has 1 aromatic heterocycles. The molecule has 1 unspecified atom stereocenters. The lowest BCUT2D eigenvalue weighted by Crippen LogP contribution is -2.44. The van der Waals surface area contributed by atoms with Crippen LogP contribution in [0, 0.1) is 5.92 Å². The molecule has 134 valence electrons. The van der Waals surface area contributed by atoms with Crippen molar-refractivity contribution >= 4 is 11.8 Å². The Bertz CT molecular complexity index is 526. The summed E-state index contributed by atoms with van der Waals surface area (Å²) in [5, 5.41) is 6.79. The summed E-state index contributed by atoms with van der Waals surface area (Å²) in [5.41, 5.74) is 1.15. The number of rotatable bonds is 6. The highest BCUT2D eigenvalue weighted by atomic mass is 16.5. The highest BCUT2D eigenvalue weighted by Crippen LogP contribution is 2.19. The van der Waals surface area contributed by atoms with Crippen molar-refractivity contribution in [2.24, 2.45) is 10.9 Å². The Labute approximate surface area is 145 Å². The molecule has 1 fully saturated rings. The van der Waals surface area contributed by atoms with Crippen molar-refractivity contribution < 1.29 is 4.74 Å². The topological polar surface area (TPSA) is 61.8 Å². The van der Waals surface area contributed by atoms with Crippen LogP contribution < -0.4 is 15.5 Å². The van der Waals surface area contributed by atoms with Gasteiger partial charge in [-0.2, -0.15) is 0 Å². The van der Waals surface area contributed by atoms with Crippen molar-refractivity contribution in [3.63, 3.8) is 0 Å². The van der Waals surface area contributed by atoms with Gasteiger partial charge in [-0.15, -0.1) is 0 Å². The van der Waals surface area contributed by atoms with Crippen LogP contribution in [0.1, 0.15) is 33.3 Å². The number of nitrogens with one attached hydrogen (secondary N) is 2. The van der Waals surface area contributed by atoms with Gasteiger partial charge in [0.25, 0.3) is 0 Å². The van der Waals surface area contributed by atoms with Gasteiger partial charge >= 0.3 is 0 Å². The summed E-state index contributed by atoms with van der Waals surface area (Å²) in [4.78, 5) is 11.6. The number of anilines is 1. The molecular weight excluding hydrogens is 302 g/mol. The molecule has 6 nitrogen and oxygen atoms in total. The molecule has 6 heteroatoms. The second kappa shape index (κ2) is 9.47. The maximum absolute atomic E-state index is 5.44. The van der Waals surface area contributed by atoms with Crippen LogP contribution in [0.25, 0.3) is 0 Å². The lowest BCUT2D eigenvalue weighted by Gasteiger charge is -2.29. The van der Waals surface area contributed by atoms with E-state index in [1.807, 2.05) is 12.3 Å². The van der Waals surface area contributed by atoms with Crippen LogP contribution in [-0.2, 0) is 11.3 Å². The van der Waals surface area contributed by atoms with Crippen LogP contribution in [0.2, 0.25) is 0 Å². The van der Waals surface area contributed by atoms with Crippen LogP contribution in [0.4, 0.5) is 5.82 Å². The van der Waals surface area contributed by atoms with Crippen molar-refractivity contribution in [3.05, 3.63) is 23.9 Å². The Morgan fingerprint density at radius 3 is 2.75 bits per heavy atom. The summed E-state index contributed by atoms with van der Waals surface area (Å²) in [7, 11) is 0. The number of morpholine rings is 1. The first-order chi connectivity index (χ1) is 11.6. The fraction of sp³-hybridized carbons (Fsp3) is 0.667. The van der Waals surface area contributed by atoms with Gasteiger partial charge in [-0.05, 0) is 25.8 Å². The molecule has 24 heavy (non-hydrogen) atoms. The zero-order chi connectivity index (χ0) is 17.4. The van der Waals surface area contributed by atoms with Gasteiger partial charge in [-0.25, -0.2) is 9.98 Å².